The molecule has 0 radical (unpaired) electrons. The zero-order valence-electron chi connectivity index (χ0n) is 16.0. The maximum absolute atomic E-state index is 11.6. The second-order valence-corrected chi connectivity index (χ2v) is 6.62. The van der Waals surface area contributed by atoms with Crippen molar-refractivity contribution in [3.8, 4) is 11.5 Å². The van der Waals surface area contributed by atoms with E-state index in [1.54, 1.807) is 6.92 Å². The Morgan fingerprint density at radius 2 is 1.36 bits per heavy atom. The van der Waals surface area contributed by atoms with Crippen molar-refractivity contribution in [2.24, 2.45) is 5.73 Å². The van der Waals surface area contributed by atoms with E-state index >= 15 is 0 Å². The average molecular weight is 375 g/mol. The first-order valence-electron chi connectivity index (χ1n) is 9.46. The normalized spacial score (nSPS) is 11.6. The minimum atomic E-state index is -0.649. The lowest BCUT2D eigenvalue weighted by molar-refractivity contribution is -0.144. The molecule has 2 N–H and O–H groups in total. The summed E-state index contributed by atoms with van der Waals surface area (Å²) in [5.74, 6) is 1.15. The third-order valence-corrected chi connectivity index (χ3v) is 4.38. The standard InChI is InChI=1S/C24H25NO3/c1-2-27-24(26)23(25)17-20-10-14-22(15-11-20)28-21-12-8-19(9-13-21)16-18-6-4-3-5-7-18/h3-15,23H,2,16-17,25H2,1H3. The monoisotopic (exact) mass is 375 g/mol. The van der Waals surface area contributed by atoms with Gasteiger partial charge in [0.15, 0.2) is 0 Å². The van der Waals surface area contributed by atoms with E-state index in [0.29, 0.717) is 13.0 Å². The van der Waals surface area contributed by atoms with Crippen LogP contribution in [0.25, 0.3) is 0 Å². The van der Waals surface area contributed by atoms with E-state index in [2.05, 4.69) is 36.4 Å². The van der Waals surface area contributed by atoms with Gasteiger partial charge in [-0.05, 0) is 60.7 Å². The zero-order valence-corrected chi connectivity index (χ0v) is 16.0. The second-order valence-electron chi connectivity index (χ2n) is 6.62. The quantitative estimate of drug-likeness (QED) is 0.589. The fourth-order valence-electron chi connectivity index (χ4n) is 2.92. The van der Waals surface area contributed by atoms with E-state index in [4.69, 9.17) is 15.2 Å². The lowest BCUT2D eigenvalue weighted by Crippen LogP contribution is -2.34. The first-order chi connectivity index (χ1) is 13.6. The Bertz CT molecular complexity index is 874. The summed E-state index contributed by atoms with van der Waals surface area (Å²) in [6.07, 6.45) is 1.34. The molecule has 3 aromatic rings. The highest BCUT2D eigenvalue weighted by molar-refractivity contribution is 5.75. The molecule has 0 saturated heterocycles. The van der Waals surface area contributed by atoms with Crippen molar-refractivity contribution in [3.05, 3.63) is 95.6 Å². The number of hydrogen-bond donors (Lipinski definition) is 1. The molecule has 0 saturated carbocycles. The molecule has 0 heterocycles. The minimum absolute atomic E-state index is 0.337. The van der Waals surface area contributed by atoms with E-state index in [-0.39, 0.29) is 5.97 Å². The molecular weight excluding hydrogens is 350 g/mol. The lowest BCUT2D eigenvalue weighted by Gasteiger charge is -2.11. The van der Waals surface area contributed by atoms with Crippen LogP contribution in [0.1, 0.15) is 23.6 Å². The summed E-state index contributed by atoms with van der Waals surface area (Å²) in [7, 11) is 0. The van der Waals surface area contributed by atoms with Crippen LogP contribution in [-0.4, -0.2) is 18.6 Å². The van der Waals surface area contributed by atoms with E-state index in [1.807, 2.05) is 42.5 Å². The highest BCUT2D eigenvalue weighted by atomic mass is 16.5. The van der Waals surface area contributed by atoms with Crippen LogP contribution in [0, 0.1) is 0 Å². The Morgan fingerprint density at radius 1 is 0.821 bits per heavy atom. The van der Waals surface area contributed by atoms with Gasteiger partial charge in [-0.15, -0.1) is 0 Å². The molecule has 28 heavy (non-hydrogen) atoms. The molecule has 4 heteroatoms. The predicted molar refractivity (Wildman–Crippen MR) is 111 cm³/mol. The Morgan fingerprint density at radius 3 is 1.93 bits per heavy atom. The first kappa shape index (κ1) is 19.6. The number of esters is 1. The smallest absolute Gasteiger partial charge is 0.323 e. The molecule has 0 aromatic heterocycles. The number of carbonyl (C=O) groups excluding carboxylic acids is 1. The van der Waals surface area contributed by atoms with Gasteiger partial charge >= 0.3 is 5.97 Å². The number of carbonyl (C=O) groups is 1. The van der Waals surface area contributed by atoms with Crippen molar-refractivity contribution in [2.75, 3.05) is 6.61 Å². The Balaban J connectivity index is 1.56. The minimum Gasteiger partial charge on any atom is -0.465 e. The van der Waals surface area contributed by atoms with Crippen molar-refractivity contribution < 1.29 is 14.3 Å². The van der Waals surface area contributed by atoms with Crippen molar-refractivity contribution in [2.45, 2.75) is 25.8 Å². The molecule has 144 valence electrons. The van der Waals surface area contributed by atoms with Crippen LogP contribution >= 0.6 is 0 Å². The van der Waals surface area contributed by atoms with Crippen molar-refractivity contribution >= 4 is 5.97 Å². The van der Waals surface area contributed by atoms with Crippen LogP contribution in [-0.2, 0) is 22.4 Å². The highest BCUT2D eigenvalue weighted by Crippen LogP contribution is 2.23. The van der Waals surface area contributed by atoms with Crippen LogP contribution in [0.5, 0.6) is 11.5 Å². The van der Waals surface area contributed by atoms with Crippen molar-refractivity contribution in [3.63, 3.8) is 0 Å². The maximum Gasteiger partial charge on any atom is 0.323 e. The summed E-state index contributed by atoms with van der Waals surface area (Å²) >= 11 is 0. The number of hydrogen-bond acceptors (Lipinski definition) is 4. The SMILES string of the molecule is CCOC(=O)C(N)Cc1ccc(Oc2ccc(Cc3ccccc3)cc2)cc1. The van der Waals surface area contributed by atoms with Gasteiger partial charge < -0.3 is 15.2 Å². The molecule has 1 atom stereocenters. The molecule has 0 aliphatic carbocycles. The van der Waals surface area contributed by atoms with Crippen LogP contribution in [0.15, 0.2) is 78.9 Å². The molecule has 0 aliphatic rings. The Kier molecular flexibility index (Phi) is 6.82. The molecule has 1 unspecified atom stereocenters. The zero-order chi connectivity index (χ0) is 19.8. The fraction of sp³-hybridized carbons (Fsp3) is 0.208. The molecular formula is C24H25NO3. The van der Waals surface area contributed by atoms with Gasteiger partial charge in [0.1, 0.15) is 17.5 Å². The van der Waals surface area contributed by atoms with E-state index in [9.17, 15) is 4.79 Å². The van der Waals surface area contributed by atoms with Crippen molar-refractivity contribution in [1.29, 1.82) is 0 Å². The van der Waals surface area contributed by atoms with Crippen LogP contribution in [0.2, 0.25) is 0 Å². The maximum atomic E-state index is 11.6. The summed E-state index contributed by atoms with van der Waals surface area (Å²) < 4.78 is 10.8. The Hall–Kier alpha value is -3.11. The van der Waals surface area contributed by atoms with Gasteiger partial charge in [-0.2, -0.15) is 0 Å². The summed E-state index contributed by atoms with van der Waals surface area (Å²) in [5.41, 5.74) is 9.35. The van der Waals surface area contributed by atoms with Gasteiger partial charge in [-0.25, -0.2) is 0 Å². The summed E-state index contributed by atoms with van der Waals surface area (Å²) in [6, 6.07) is 25.4. The van der Waals surface area contributed by atoms with Gasteiger partial charge in [0.2, 0.25) is 0 Å². The largest absolute Gasteiger partial charge is 0.465 e. The van der Waals surface area contributed by atoms with Gasteiger partial charge in [0.25, 0.3) is 0 Å². The Labute approximate surface area is 165 Å². The number of ether oxygens (including phenoxy) is 2. The van der Waals surface area contributed by atoms with Gasteiger partial charge in [0, 0.05) is 0 Å². The average Bonchev–Trinajstić information content (AvgIpc) is 2.72. The molecule has 0 bridgehead atoms. The van der Waals surface area contributed by atoms with Gasteiger partial charge in [0.05, 0.1) is 6.61 Å². The fourth-order valence-corrected chi connectivity index (χ4v) is 2.92. The third kappa shape index (κ3) is 5.69. The lowest BCUT2D eigenvalue weighted by atomic mass is 10.1. The van der Waals surface area contributed by atoms with E-state index in [0.717, 1.165) is 23.5 Å². The van der Waals surface area contributed by atoms with Crippen LogP contribution in [0.3, 0.4) is 0 Å². The first-order valence-corrected chi connectivity index (χ1v) is 9.46. The number of rotatable bonds is 8. The summed E-state index contributed by atoms with van der Waals surface area (Å²) in [4.78, 5) is 11.6. The summed E-state index contributed by atoms with van der Waals surface area (Å²) in [5, 5.41) is 0. The second kappa shape index (κ2) is 9.72. The topological polar surface area (TPSA) is 61.5 Å². The van der Waals surface area contributed by atoms with Crippen molar-refractivity contribution in [1.82, 2.24) is 0 Å². The van der Waals surface area contributed by atoms with Gasteiger partial charge in [-0.3, -0.25) is 4.79 Å². The van der Waals surface area contributed by atoms with Crippen LogP contribution in [0.4, 0.5) is 0 Å². The molecule has 3 aromatic carbocycles. The van der Waals surface area contributed by atoms with E-state index in [1.165, 1.54) is 11.1 Å². The molecule has 3 rings (SSSR count). The molecule has 0 aliphatic heterocycles. The van der Waals surface area contributed by atoms with Gasteiger partial charge in [-0.1, -0.05) is 54.6 Å². The molecule has 0 spiro atoms. The predicted octanol–water partition coefficient (Wildman–Crippen LogP) is 4.50. The van der Waals surface area contributed by atoms with Crippen LogP contribution < -0.4 is 10.5 Å². The summed E-state index contributed by atoms with van der Waals surface area (Å²) in [6.45, 7) is 2.11. The molecule has 0 amide bonds. The third-order valence-electron chi connectivity index (χ3n) is 4.38. The number of nitrogens with two attached hydrogens (primary N) is 1. The number of benzene rings is 3. The molecule has 0 fully saturated rings. The highest BCUT2D eigenvalue weighted by Gasteiger charge is 2.15. The molecule has 4 nitrogen and oxygen atoms in total. The van der Waals surface area contributed by atoms with E-state index < -0.39 is 6.04 Å².